The van der Waals surface area contributed by atoms with Crippen molar-refractivity contribution in [2.45, 2.75) is 0 Å². The molecule has 0 aromatic heterocycles. The van der Waals surface area contributed by atoms with E-state index in [0.717, 1.165) is 0 Å². The van der Waals surface area contributed by atoms with E-state index in [4.69, 9.17) is 9.47 Å². The Labute approximate surface area is 108 Å². The second-order valence-electron chi connectivity index (χ2n) is 3.97. The molecule has 1 aliphatic rings. The molecule has 5 heteroatoms. The van der Waals surface area contributed by atoms with E-state index in [9.17, 15) is 9.18 Å². The van der Waals surface area contributed by atoms with Crippen molar-refractivity contribution in [3.63, 3.8) is 0 Å². The van der Waals surface area contributed by atoms with E-state index in [2.05, 4.69) is 5.32 Å². The maximum absolute atomic E-state index is 13.5. The highest BCUT2D eigenvalue weighted by Gasteiger charge is 2.22. The van der Waals surface area contributed by atoms with Crippen molar-refractivity contribution in [1.82, 2.24) is 0 Å². The average Bonchev–Trinajstić information content (AvgIpc) is 2.89. The predicted octanol–water partition coefficient (Wildman–Crippen LogP) is 2.81. The van der Waals surface area contributed by atoms with Crippen LogP contribution < -0.4 is 14.8 Å². The van der Waals surface area contributed by atoms with Crippen LogP contribution in [0, 0.1) is 5.82 Å². The molecular formula is C14H10FNO3. The highest BCUT2D eigenvalue weighted by atomic mass is 19.1. The van der Waals surface area contributed by atoms with Gasteiger partial charge in [-0.25, -0.2) is 4.39 Å². The van der Waals surface area contributed by atoms with Crippen molar-refractivity contribution < 1.29 is 18.7 Å². The van der Waals surface area contributed by atoms with Crippen molar-refractivity contribution in [2.24, 2.45) is 0 Å². The van der Waals surface area contributed by atoms with Gasteiger partial charge in [0.05, 0.1) is 11.3 Å². The summed E-state index contributed by atoms with van der Waals surface area (Å²) in [6, 6.07) is 11.0. The number of rotatable bonds is 2. The molecule has 1 heterocycles. The number of benzene rings is 2. The molecule has 4 nitrogen and oxygen atoms in total. The Balaban J connectivity index is 1.90. The number of para-hydroxylation sites is 2. The first kappa shape index (κ1) is 11.5. The number of carbonyl (C=O) groups excluding carboxylic acids is 1. The summed E-state index contributed by atoms with van der Waals surface area (Å²) in [7, 11) is 0. The molecule has 0 atom stereocenters. The van der Waals surface area contributed by atoms with Crippen molar-refractivity contribution in [3.05, 3.63) is 53.8 Å². The zero-order valence-electron chi connectivity index (χ0n) is 9.85. The smallest absolute Gasteiger partial charge is 0.259 e. The summed E-state index contributed by atoms with van der Waals surface area (Å²) >= 11 is 0. The van der Waals surface area contributed by atoms with Crippen LogP contribution in [-0.2, 0) is 0 Å². The number of anilines is 1. The lowest BCUT2D eigenvalue weighted by atomic mass is 10.1. The average molecular weight is 259 g/mol. The van der Waals surface area contributed by atoms with Gasteiger partial charge in [0.2, 0.25) is 6.79 Å². The minimum atomic E-state index is -0.486. The normalized spacial score (nSPS) is 12.3. The highest BCUT2D eigenvalue weighted by Crippen LogP contribution is 2.35. The Hall–Kier alpha value is -2.56. The van der Waals surface area contributed by atoms with E-state index in [1.807, 2.05) is 0 Å². The third kappa shape index (κ3) is 2.10. The number of ether oxygens (including phenoxy) is 2. The Morgan fingerprint density at radius 1 is 1.11 bits per heavy atom. The minimum absolute atomic E-state index is 0.0827. The van der Waals surface area contributed by atoms with Gasteiger partial charge in [-0.2, -0.15) is 0 Å². The predicted molar refractivity (Wildman–Crippen MR) is 66.9 cm³/mol. The van der Waals surface area contributed by atoms with Crippen LogP contribution in [0.3, 0.4) is 0 Å². The first-order chi connectivity index (χ1) is 9.25. The number of amides is 1. The van der Waals surface area contributed by atoms with Gasteiger partial charge in [0, 0.05) is 0 Å². The van der Waals surface area contributed by atoms with E-state index < -0.39 is 11.7 Å². The van der Waals surface area contributed by atoms with E-state index in [1.165, 1.54) is 12.1 Å². The lowest BCUT2D eigenvalue weighted by Crippen LogP contribution is -2.13. The van der Waals surface area contributed by atoms with Gasteiger partial charge in [-0.3, -0.25) is 4.79 Å². The second-order valence-corrected chi connectivity index (χ2v) is 3.97. The minimum Gasteiger partial charge on any atom is -0.454 e. The Kier molecular flexibility index (Phi) is 2.79. The summed E-state index contributed by atoms with van der Waals surface area (Å²) in [5.41, 5.74) is 0.447. The molecule has 0 bridgehead atoms. The molecule has 0 spiro atoms. The molecule has 1 aliphatic heterocycles. The van der Waals surface area contributed by atoms with Gasteiger partial charge in [0.15, 0.2) is 11.5 Å². The van der Waals surface area contributed by atoms with E-state index in [-0.39, 0.29) is 12.5 Å². The molecular weight excluding hydrogens is 249 g/mol. The van der Waals surface area contributed by atoms with Crippen LogP contribution in [0.25, 0.3) is 0 Å². The third-order valence-corrected chi connectivity index (χ3v) is 2.76. The zero-order valence-corrected chi connectivity index (χ0v) is 9.85. The summed E-state index contributed by atoms with van der Waals surface area (Å²) in [6.07, 6.45) is 0. The lowest BCUT2D eigenvalue weighted by Gasteiger charge is -2.08. The molecule has 0 saturated carbocycles. The third-order valence-electron chi connectivity index (χ3n) is 2.76. The second kappa shape index (κ2) is 4.61. The number of hydrogen-bond donors (Lipinski definition) is 1. The van der Waals surface area contributed by atoms with E-state index >= 15 is 0 Å². The summed E-state index contributed by atoms with van der Waals surface area (Å²) in [6.45, 7) is 0.0827. The first-order valence-corrected chi connectivity index (χ1v) is 5.70. The van der Waals surface area contributed by atoms with Gasteiger partial charge in [-0.05, 0) is 24.3 Å². The maximum Gasteiger partial charge on any atom is 0.259 e. The van der Waals surface area contributed by atoms with Gasteiger partial charge in [-0.15, -0.1) is 0 Å². The van der Waals surface area contributed by atoms with Gasteiger partial charge in [-0.1, -0.05) is 18.2 Å². The first-order valence-electron chi connectivity index (χ1n) is 5.70. The van der Waals surface area contributed by atoms with Crippen LogP contribution in [0.4, 0.5) is 10.1 Å². The van der Waals surface area contributed by atoms with Crippen LogP contribution in [0.15, 0.2) is 42.5 Å². The van der Waals surface area contributed by atoms with E-state index in [1.54, 1.807) is 30.3 Å². The molecule has 3 rings (SSSR count). The fourth-order valence-corrected chi connectivity index (χ4v) is 1.86. The maximum atomic E-state index is 13.5. The number of halogens is 1. The van der Waals surface area contributed by atoms with Crippen LogP contribution >= 0.6 is 0 Å². The molecule has 2 aromatic rings. The van der Waals surface area contributed by atoms with Crippen LogP contribution in [-0.4, -0.2) is 12.7 Å². The molecule has 0 aliphatic carbocycles. The number of carbonyl (C=O) groups is 1. The molecule has 1 amide bonds. The SMILES string of the molecule is O=C(Nc1ccccc1F)c1cccc2c1OCO2. The highest BCUT2D eigenvalue weighted by molar-refractivity contribution is 6.06. The number of hydrogen-bond acceptors (Lipinski definition) is 3. The molecule has 0 unspecified atom stereocenters. The summed E-state index contributed by atoms with van der Waals surface area (Å²) in [4.78, 5) is 12.1. The monoisotopic (exact) mass is 259 g/mol. The largest absolute Gasteiger partial charge is 0.454 e. The Morgan fingerprint density at radius 3 is 2.79 bits per heavy atom. The topological polar surface area (TPSA) is 47.6 Å². The molecule has 0 radical (unpaired) electrons. The van der Waals surface area contributed by atoms with E-state index in [0.29, 0.717) is 17.1 Å². The molecule has 0 fully saturated rings. The Morgan fingerprint density at radius 2 is 1.95 bits per heavy atom. The van der Waals surface area contributed by atoms with Crippen molar-refractivity contribution in [2.75, 3.05) is 12.1 Å². The number of fused-ring (bicyclic) bond motifs is 1. The van der Waals surface area contributed by atoms with Crippen LogP contribution in [0.5, 0.6) is 11.5 Å². The lowest BCUT2D eigenvalue weighted by molar-refractivity contribution is 0.102. The van der Waals surface area contributed by atoms with Crippen molar-refractivity contribution >= 4 is 11.6 Å². The standard InChI is InChI=1S/C14H10FNO3/c15-10-5-1-2-6-11(10)16-14(17)9-4-3-7-12-13(9)19-8-18-12/h1-7H,8H2,(H,16,17). The summed E-state index contributed by atoms with van der Waals surface area (Å²) in [5.74, 6) is -0.0226. The fourth-order valence-electron chi connectivity index (χ4n) is 1.86. The van der Waals surface area contributed by atoms with Gasteiger partial charge >= 0.3 is 0 Å². The molecule has 96 valence electrons. The summed E-state index contributed by atoms with van der Waals surface area (Å²) in [5, 5.41) is 2.51. The Bertz CT molecular complexity index is 642. The molecule has 2 aromatic carbocycles. The van der Waals surface area contributed by atoms with Gasteiger partial charge in [0.1, 0.15) is 5.82 Å². The fraction of sp³-hybridized carbons (Fsp3) is 0.0714. The van der Waals surface area contributed by atoms with Crippen molar-refractivity contribution in [3.8, 4) is 11.5 Å². The molecule has 0 saturated heterocycles. The number of nitrogens with one attached hydrogen (secondary N) is 1. The molecule has 1 N–H and O–H groups in total. The van der Waals surface area contributed by atoms with Crippen molar-refractivity contribution in [1.29, 1.82) is 0 Å². The molecule has 19 heavy (non-hydrogen) atoms. The summed E-state index contributed by atoms with van der Waals surface area (Å²) < 4.78 is 23.9. The zero-order chi connectivity index (χ0) is 13.2. The van der Waals surface area contributed by atoms with Gasteiger partial charge in [0.25, 0.3) is 5.91 Å². The van der Waals surface area contributed by atoms with Crippen LogP contribution in [0.1, 0.15) is 10.4 Å². The van der Waals surface area contributed by atoms with Gasteiger partial charge < -0.3 is 14.8 Å². The van der Waals surface area contributed by atoms with Crippen LogP contribution in [0.2, 0.25) is 0 Å². The quantitative estimate of drug-likeness (QED) is 0.902.